The van der Waals surface area contributed by atoms with E-state index in [-0.39, 0.29) is 18.2 Å². The van der Waals surface area contributed by atoms with Crippen molar-refractivity contribution in [2.75, 3.05) is 26.2 Å². The number of likely N-dealkylation sites (tertiary alicyclic amines) is 1. The Labute approximate surface area is 183 Å². The van der Waals surface area contributed by atoms with Crippen molar-refractivity contribution < 1.29 is 27.4 Å². The fourth-order valence-corrected chi connectivity index (χ4v) is 4.80. The van der Waals surface area contributed by atoms with Crippen molar-refractivity contribution in [3.05, 3.63) is 42.4 Å². The van der Waals surface area contributed by atoms with Gasteiger partial charge in [-0.15, -0.1) is 13.2 Å². The fourth-order valence-electron chi connectivity index (χ4n) is 4.80. The van der Waals surface area contributed by atoms with Gasteiger partial charge in [-0.3, -0.25) is 0 Å². The molecule has 2 heterocycles. The number of nitrogens with one attached hydrogen (secondary N) is 1. The van der Waals surface area contributed by atoms with E-state index in [1.54, 1.807) is 11.0 Å². The smallest absolute Gasteiger partial charge is 0.406 e. The second-order valence-corrected chi connectivity index (χ2v) is 9.01. The lowest BCUT2D eigenvalue weighted by Crippen LogP contribution is -2.37. The normalized spacial score (nSPS) is 24.8. The Kier molecular flexibility index (Phi) is 5.48. The molecule has 1 aromatic heterocycles. The molecule has 5 rings (SSSR count). The number of fused-ring (bicyclic) bond motifs is 1. The molecule has 32 heavy (non-hydrogen) atoms. The molecular weight excluding hydrogens is 425 g/mol. The summed E-state index contributed by atoms with van der Waals surface area (Å²) in [5.41, 5.74) is 0.537. The van der Waals surface area contributed by atoms with Gasteiger partial charge in [0.25, 0.3) is 0 Å². The number of nitrogens with zero attached hydrogens (tertiary/aromatic N) is 3. The Morgan fingerprint density at radius 3 is 2.69 bits per heavy atom. The number of piperidine rings is 1. The molecule has 1 aliphatic heterocycles. The van der Waals surface area contributed by atoms with Gasteiger partial charge in [0, 0.05) is 32.7 Å². The van der Waals surface area contributed by atoms with Gasteiger partial charge in [0.05, 0.1) is 12.5 Å². The molecule has 2 atom stereocenters. The average Bonchev–Trinajstić information content (AvgIpc) is 3.50. The fraction of sp³-hybridized carbons (Fsp3) is 0.545. The SMILES string of the molecule is O=C(Oc1cnc[nH]1)N(Cc1cccc(OC(F)(F)F)c1)CC1C2CN(CC3CC3)CC21. The van der Waals surface area contributed by atoms with Crippen LogP contribution in [0.5, 0.6) is 11.6 Å². The number of benzene rings is 1. The standard InChI is InChI=1S/C22H25F3N4O3/c23-22(24,25)32-16-3-1-2-15(6-16)9-29(21(30)31-20-7-26-13-27-20)12-19-17-10-28(11-18(17)19)8-14-4-5-14/h1-3,6-7,13-14,17-19H,4-5,8-12H2,(H,26,27). The third-order valence-electron chi connectivity index (χ3n) is 6.53. The Morgan fingerprint density at radius 2 is 2.03 bits per heavy atom. The summed E-state index contributed by atoms with van der Waals surface area (Å²) in [5.74, 6) is 2.29. The summed E-state index contributed by atoms with van der Waals surface area (Å²) in [6, 6.07) is 5.69. The van der Waals surface area contributed by atoms with E-state index < -0.39 is 12.5 Å². The predicted octanol–water partition coefficient (Wildman–Crippen LogP) is 3.90. The van der Waals surface area contributed by atoms with Crippen LogP contribution in [0.2, 0.25) is 0 Å². The Morgan fingerprint density at radius 1 is 1.25 bits per heavy atom. The van der Waals surface area contributed by atoms with Gasteiger partial charge in [0.2, 0.25) is 5.88 Å². The second kappa shape index (κ2) is 8.31. The number of ether oxygens (including phenoxy) is 2. The Balaban J connectivity index is 1.24. The number of amides is 1. The molecule has 2 aromatic rings. The third kappa shape index (κ3) is 5.17. The lowest BCUT2D eigenvalue weighted by molar-refractivity contribution is -0.274. The number of alkyl halides is 3. The van der Waals surface area contributed by atoms with Crippen LogP contribution in [0.25, 0.3) is 0 Å². The zero-order chi connectivity index (χ0) is 22.3. The van der Waals surface area contributed by atoms with Gasteiger partial charge >= 0.3 is 12.5 Å². The number of H-pyrrole nitrogens is 1. The van der Waals surface area contributed by atoms with Crippen molar-refractivity contribution in [1.29, 1.82) is 0 Å². The van der Waals surface area contributed by atoms with Crippen LogP contribution in [-0.4, -0.2) is 58.4 Å². The van der Waals surface area contributed by atoms with Gasteiger partial charge in [0.15, 0.2) is 0 Å². The van der Waals surface area contributed by atoms with Crippen LogP contribution in [0, 0.1) is 23.7 Å². The number of hydrogen-bond donors (Lipinski definition) is 1. The first-order valence-corrected chi connectivity index (χ1v) is 10.9. The average molecular weight is 450 g/mol. The number of hydrogen-bond acceptors (Lipinski definition) is 5. The van der Waals surface area contributed by atoms with Gasteiger partial charge in [-0.05, 0) is 54.2 Å². The highest BCUT2D eigenvalue weighted by molar-refractivity contribution is 5.70. The van der Waals surface area contributed by atoms with Crippen LogP contribution in [0.3, 0.4) is 0 Å². The lowest BCUT2D eigenvalue weighted by Gasteiger charge is -2.25. The highest BCUT2D eigenvalue weighted by Gasteiger charge is 2.56. The molecule has 7 nitrogen and oxygen atoms in total. The van der Waals surface area contributed by atoms with Crippen LogP contribution >= 0.6 is 0 Å². The van der Waals surface area contributed by atoms with E-state index in [9.17, 15) is 18.0 Å². The van der Waals surface area contributed by atoms with Gasteiger partial charge < -0.3 is 24.3 Å². The molecular formula is C22H25F3N4O3. The van der Waals surface area contributed by atoms with E-state index in [1.807, 2.05) is 0 Å². The maximum absolute atomic E-state index is 12.9. The number of rotatable bonds is 8. The number of carbonyl (C=O) groups is 1. The quantitative estimate of drug-likeness (QED) is 0.661. The first-order valence-electron chi connectivity index (χ1n) is 10.9. The molecule has 10 heteroatoms. The molecule has 2 saturated carbocycles. The summed E-state index contributed by atoms with van der Waals surface area (Å²) in [7, 11) is 0. The molecule has 2 aliphatic carbocycles. The number of halogens is 3. The molecule has 1 aromatic carbocycles. The zero-order valence-electron chi connectivity index (χ0n) is 17.4. The molecule has 1 N–H and O–H groups in total. The van der Waals surface area contributed by atoms with E-state index in [0.29, 0.717) is 29.9 Å². The number of imidazole rings is 1. The predicted molar refractivity (Wildman–Crippen MR) is 108 cm³/mol. The van der Waals surface area contributed by atoms with Crippen LogP contribution in [0.4, 0.5) is 18.0 Å². The van der Waals surface area contributed by atoms with E-state index >= 15 is 0 Å². The highest BCUT2D eigenvalue weighted by atomic mass is 19.4. The van der Waals surface area contributed by atoms with E-state index in [4.69, 9.17) is 4.74 Å². The molecule has 2 unspecified atom stereocenters. The molecule has 0 spiro atoms. The van der Waals surface area contributed by atoms with E-state index in [1.165, 1.54) is 50.1 Å². The van der Waals surface area contributed by atoms with E-state index in [0.717, 1.165) is 19.0 Å². The maximum Gasteiger partial charge on any atom is 0.573 e. The van der Waals surface area contributed by atoms with Crippen molar-refractivity contribution in [2.24, 2.45) is 23.7 Å². The summed E-state index contributed by atoms with van der Waals surface area (Å²) in [5, 5.41) is 0. The first-order chi connectivity index (χ1) is 15.3. The van der Waals surface area contributed by atoms with Gasteiger partial charge in [-0.2, -0.15) is 0 Å². The maximum atomic E-state index is 12.9. The van der Waals surface area contributed by atoms with E-state index in [2.05, 4.69) is 19.6 Å². The molecule has 1 saturated heterocycles. The number of carbonyl (C=O) groups excluding carboxylic acids is 1. The molecule has 3 fully saturated rings. The minimum atomic E-state index is -4.77. The molecule has 172 valence electrons. The molecule has 0 bridgehead atoms. The Bertz CT molecular complexity index is 936. The minimum Gasteiger partial charge on any atom is -0.406 e. The molecule has 1 amide bonds. The summed E-state index contributed by atoms with van der Waals surface area (Å²) >= 11 is 0. The van der Waals surface area contributed by atoms with Gasteiger partial charge in [-0.1, -0.05) is 12.1 Å². The molecule has 0 radical (unpaired) electrons. The topological polar surface area (TPSA) is 70.7 Å². The van der Waals surface area contributed by atoms with Crippen molar-refractivity contribution in [3.63, 3.8) is 0 Å². The third-order valence-corrected chi connectivity index (χ3v) is 6.53. The first kappa shape index (κ1) is 21.1. The van der Waals surface area contributed by atoms with Crippen molar-refractivity contribution in [2.45, 2.75) is 25.7 Å². The van der Waals surface area contributed by atoms with Crippen LogP contribution in [0.1, 0.15) is 18.4 Å². The summed E-state index contributed by atoms with van der Waals surface area (Å²) in [4.78, 5) is 23.5. The van der Waals surface area contributed by atoms with Crippen LogP contribution in [-0.2, 0) is 6.54 Å². The second-order valence-electron chi connectivity index (χ2n) is 9.01. The van der Waals surface area contributed by atoms with Gasteiger partial charge in [0.1, 0.15) is 5.75 Å². The summed E-state index contributed by atoms with van der Waals surface area (Å²) < 4.78 is 47.1. The zero-order valence-corrected chi connectivity index (χ0v) is 17.4. The van der Waals surface area contributed by atoms with Crippen molar-refractivity contribution >= 4 is 6.09 Å². The van der Waals surface area contributed by atoms with Gasteiger partial charge in [-0.25, -0.2) is 9.78 Å². The highest BCUT2D eigenvalue weighted by Crippen LogP contribution is 2.52. The largest absolute Gasteiger partial charge is 0.573 e. The van der Waals surface area contributed by atoms with Crippen LogP contribution in [0.15, 0.2) is 36.8 Å². The van der Waals surface area contributed by atoms with Crippen molar-refractivity contribution in [1.82, 2.24) is 19.8 Å². The molecule has 3 aliphatic rings. The lowest BCUT2D eigenvalue weighted by atomic mass is 10.2. The number of aromatic nitrogens is 2. The Hall–Kier alpha value is -2.75. The minimum absolute atomic E-state index is 0.129. The summed E-state index contributed by atoms with van der Waals surface area (Å²) in [6.07, 6.45) is 0.144. The monoisotopic (exact) mass is 450 g/mol. The van der Waals surface area contributed by atoms with Crippen LogP contribution < -0.4 is 9.47 Å². The van der Waals surface area contributed by atoms with Crippen molar-refractivity contribution in [3.8, 4) is 11.6 Å². The number of aromatic amines is 1. The summed E-state index contributed by atoms with van der Waals surface area (Å²) in [6.45, 7) is 3.93.